The summed E-state index contributed by atoms with van der Waals surface area (Å²) >= 11 is 2.15. The highest BCUT2D eigenvalue weighted by Gasteiger charge is 2.20. The van der Waals surface area contributed by atoms with Crippen molar-refractivity contribution in [2.24, 2.45) is 5.92 Å². The molecule has 0 amide bonds. The fourth-order valence-corrected chi connectivity index (χ4v) is 3.04. The molecular formula is C8H15NS. The largest absolute Gasteiger partial charge is 0.302 e. The van der Waals surface area contributed by atoms with Gasteiger partial charge in [0, 0.05) is 12.3 Å². The molecule has 0 aromatic rings. The fraction of sp³-hybridized carbons (Fsp3) is 1.00. The van der Waals surface area contributed by atoms with Crippen LogP contribution in [0.4, 0.5) is 0 Å². The summed E-state index contributed by atoms with van der Waals surface area (Å²) < 4.78 is 0. The second kappa shape index (κ2) is 3.14. The molecule has 0 aromatic carbocycles. The van der Waals surface area contributed by atoms with Crippen LogP contribution in [0.2, 0.25) is 0 Å². The van der Waals surface area contributed by atoms with Crippen LogP contribution < -0.4 is 0 Å². The first-order valence-corrected chi connectivity index (χ1v) is 5.41. The summed E-state index contributed by atoms with van der Waals surface area (Å²) in [7, 11) is 0. The third kappa shape index (κ3) is 1.48. The van der Waals surface area contributed by atoms with Crippen molar-refractivity contribution in [3.8, 4) is 0 Å². The molecule has 0 unspecified atom stereocenters. The van der Waals surface area contributed by atoms with Crippen LogP contribution in [0.15, 0.2) is 0 Å². The first-order valence-electron chi connectivity index (χ1n) is 4.25. The molecule has 2 bridgehead atoms. The van der Waals surface area contributed by atoms with E-state index in [1.165, 1.54) is 44.0 Å². The Balaban J connectivity index is 1.94. The number of rotatable bonds is 0. The Labute approximate surface area is 67.2 Å². The third-order valence-electron chi connectivity index (χ3n) is 2.61. The summed E-state index contributed by atoms with van der Waals surface area (Å²) in [5, 5.41) is 0. The zero-order valence-corrected chi connectivity index (χ0v) is 7.20. The lowest BCUT2D eigenvalue weighted by Gasteiger charge is -2.34. The topological polar surface area (TPSA) is 3.24 Å². The number of nitrogens with zero attached hydrogens (tertiary/aromatic N) is 1. The fourth-order valence-electron chi connectivity index (χ4n) is 1.82. The van der Waals surface area contributed by atoms with Gasteiger partial charge in [0.25, 0.3) is 0 Å². The van der Waals surface area contributed by atoms with E-state index in [1.807, 2.05) is 0 Å². The predicted molar refractivity (Wildman–Crippen MR) is 46.5 cm³/mol. The van der Waals surface area contributed by atoms with Gasteiger partial charge in [0.1, 0.15) is 0 Å². The number of hydrogen-bond donors (Lipinski definition) is 0. The Morgan fingerprint density at radius 2 is 1.90 bits per heavy atom. The SMILES string of the molecule is C1CN2CCC(CC2)CS1. The molecule has 3 fully saturated rings. The van der Waals surface area contributed by atoms with E-state index in [2.05, 4.69) is 16.7 Å². The summed E-state index contributed by atoms with van der Waals surface area (Å²) in [4.78, 5) is 2.61. The van der Waals surface area contributed by atoms with Crippen molar-refractivity contribution in [1.82, 2.24) is 4.90 Å². The average molecular weight is 157 g/mol. The summed E-state index contributed by atoms with van der Waals surface area (Å²) in [5.74, 6) is 3.87. The standard InChI is InChI=1S/C8H15NS/c1-3-9-4-2-8(1)7-10-6-5-9/h8H,1-7H2. The maximum atomic E-state index is 2.61. The molecule has 58 valence electrons. The molecular weight excluding hydrogens is 142 g/mol. The molecule has 3 aliphatic rings. The lowest BCUT2D eigenvalue weighted by molar-refractivity contribution is 0.200. The van der Waals surface area contributed by atoms with Crippen molar-refractivity contribution >= 4 is 11.8 Å². The van der Waals surface area contributed by atoms with Gasteiger partial charge in [-0.15, -0.1) is 0 Å². The van der Waals surface area contributed by atoms with Gasteiger partial charge in [-0.3, -0.25) is 0 Å². The first-order chi connectivity index (χ1) is 4.95. The average Bonchev–Trinajstić information content (AvgIpc) is 1.89. The van der Waals surface area contributed by atoms with Gasteiger partial charge in [0.05, 0.1) is 0 Å². The molecule has 3 rings (SSSR count). The summed E-state index contributed by atoms with van der Waals surface area (Å²) in [6, 6.07) is 0. The zero-order chi connectivity index (χ0) is 6.81. The number of thioether (sulfide) groups is 1. The van der Waals surface area contributed by atoms with Crippen molar-refractivity contribution in [2.75, 3.05) is 31.1 Å². The number of fused-ring (bicyclic) bond motifs is 5. The molecule has 0 aliphatic carbocycles. The van der Waals surface area contributed by atoms with E-state index in [1.54, 1.807) is 0 Å². The normalized spacial score (nSPS) is 40.8. The van der Waals surface area contributed by atoms with Crippen LogP contribution in [0.25, 0.3) is 0 Å². The van der Waals surface area contributed by atoms with Gasteiger partial charge in [0.15, 0.2) is 0 Å². The van der Waals surface area contributed by atoms with E-state index in [4.69, 9.17) is 0 Å². The molecule has 10 heavy (non-hydrogen) atoms. The van der Waals surface area contributed by atoms with Gasteiger partial charge >= 0.3 is 0 Å². The van der Waals surface area contributed by atoms with Gasteiger partial charge in [-0.2, -0.15) is 11.8 Å². The maximum absolute atomic E-state index is 2.61. The van der Waals surface area contributed by atoms with Crippen molar-refractivity contribution in [3.63, 3.8) is 0 Å². The Morgan fingerprint density at radius 1 is 1.10 bits per heavy atom. The van der Waals surface area contributed by atoms with Gasteiger partial charge in [-0.1, -0.05) is 0 Å². The molecule has 0 atom stereocenters. The minimum absolute atomic E-state index is 1.06. The molecule has 3 aliphatic heterocycles. The Kier molecular flexibility index (Phi) is 2.19. The van der Waals surface area contributed by atoms with Crippen molar-refractivity contribution in [1.29, 1.82) is 0 Å². The molecule has 0 saturated carbocycles. The smallest absolute Gasteiger partial charge is 0.00723 e. The molecule has 1 nitrogen and oxygen atoms in total. The lowest BCUT2D eigenvalue weighted by Crippen LogP contribution is -2.37. The molecule has 0 spiro atoms. The van der Waals surface area contributed by atoms with E-state index >= 15 is 0 Å². The monoisotopic (exact) mass is 157 g/mol. The molecule has 0 aromatic heterocycles. The Morgan fingerprint density at radius 3 is 2.70 bits per heavy atom. The summed E-state index contributed by atoms with van der Waals surface area (Å²) in [6.07, 6.45) is 2.93. The van der Waals surface area contributed by atoms with E-state index in [9.17, 15) is 0 Å². The van der Waals surface area contributed by atoms with Crippen LogP contribution in [0, 0.1) is 5.92 Å². The minimum Gasteiger partial charge on any atom is -0.302 e. The van der Waals surface area contributed by atoms with Crippen LogP contribution in [0.1, 0.15) is 12.8 Å². The van der Waals surface area contributed by atoms with Crippen LogP contribution in [0.5, 0.6) is 0 Å². The quantitative estimate of drug-likeness (QED) is 0.523. The summed E-state index contributed by atoms with van der Waals surface area (Å²) in [5.41, 5.74) is 0. The first kappa shape index (κ1) is 6.99. The zero-order valence-electron chi connectivity index (χ0n) is 6.38. The van der Waals surface area contributed by atoms with Crippen molar-refractivity contribution in [2.45, 2.75) is 12.8 Å². The van der Waals surface area contributed by atoms with Crippen molar-refractivity contribution in [3.05, 3.63) is 0 Å². The minimum atomic E-state index is 1.06. The van der Waals surface area contributed by atoms with E-state index in [0.29, 0.717) is 0 Å². The van der Waals surface area contributed by atoms with Gasteiger partial charge < -0.3 is 4.90 Å². The second-order valence-corrected chi connectivity index (χ2v) is 4.51. The molecule has 0 N–H and O–H groups in total. The van der Waals surface area contributed by atoms with Gasteiger partial charge in [-0.25, -0.2) is 0 Å². The van der Waals surface area contributed by atoms with Crippen LogP contribution in [-0.2, 0) is 0 Å². The van der Waals surface area contributed by atoms with Gasteiger partial charge in [0.2, 0.25) is 0 Å². The molecule has 0 radical (unpaired) electrons. The Bertz CT molecular complexity index is 88.3. The molecule has 3 saturated heterocycles. The highest BCUT2D eigenvalue weighted by atomic mass is 32.2. The third-order valence-corrected chi connectivity index (χ3v) is 3.79. The van der Waals surface area contributed by atoms with Crippen LogP contribution >= 0.6 is 11.8 Å². The lowest BCUT2D eigenvalue weighted by atomic mass is 9.99. The molecule has 2 heteroatoms. The second-order valence-electron chi connectivity index (χ2n) is 3.36. The van der Waals surface area contributed by atoms with E-state index in [-0.39, 0.29) is 0 Å². The maximum Gasteiger partial charge on any atom is 0.00723 e. The van der Waals surface area contributed by atoms with E-state index < -0.39 is 0 Å². The highest BCUT2D eigenvalue weighted by molar-refractivity contribution is 7.99. The van der Waals surface area contributed by atoms with Crippen LogP contribution in [-0.4, -0.2) is 36.0 Å². The Hall–Kier alpha value is 0.310. The van der Waals surface area contributed by atoms with E-state index in [0.717, 1.165) is 5.92 Å². The van der Waals surface area contributed by atoms with Crippen LogP contribution in [0.3, 0.4) is 0 Å². The van der Waals surface area contributed by atoms with Crippen molar-refractivity contribution < 1.29 is 0 Å². The number of hydrogen-bond acceptors (Lipinski definition) is 2. The molecule has 3 heterocycles. The number of piperidine rings is 1. The van der Waals surface area contributed by atoms with Gasteiger partial charge in [-0.05, 0) is 37.6 Å². The predicted octanol–water partition coefficient (Wildman–Crippen LogP) is 1.45. The summed E-state index contributed by atoms with van der Waals surface area (Å²) in [6.45, 7) is 4.11. The highest BCUT2D eigenvalue weighted by Crippen LogP contribution is 2.24.